The van der Waals surface area contributed by atoms with Crippen LogP contribution in [-0.2, 0) is 4.79 Å². The van der Waals surface area contributed by atoms with Gasteiger partial charge in [-0.15, -0.1) is 0 Å². The molecule has 1 aliphatic heterocycles. The Morgan fingerprint density at radius 1 is 1.89 bits per heavy atom. The van der Waals surface area contributed by atoms with Crippen molar-refractivity contribution in [3.05, 3.63) is 0 Å². The topological polar surface area (TPSA) is 29.1 Å². The first kappa shape index (κ1) is 7.31. The summed E-state index contributed by atoms with van der Waals surface area (Å²) in [6.45, 7) is 4.89. The quantitative estimate of drug-likeness (QED) is 0.494. The molecule has 1 heterocycles. The van der Waals surface area contributed by atoms with E-state index in [1.54, 1.807) is 0 Å². The first-order valence-corrected chi connectivity index (χ1v) is 4.10. The summed E-state index contributed by atoms with van der Waals surface area (Å²) >= 11 is 2.21. The number of carbonyl (C=O) groups is 1. The summed E-state index contributed by atoms with van der Waals surface area (Å²) in [4.78, 5) is 11.0. The van der Waals surface area contributed by atoms with Crippen LogP contribution in [0.2, 0.25) is 0 Å². The van der Waals surface area contributed by atoms with Gasteiger partial charge < -0.3 is 5.32 Å². The molecule has 2 unspecified atom stereocenters. The van der Waals surface area contributed by atoms with Crippen LogP contribution in [-0.4, -0.2) is 15.9 Å². The summed E-state index contributed by atoms with van der Waals surface area (Å²) in [7, 11) is 0. The molecule has 9 heavy (non-hydrogen) atoms. The Bertz CT molecular complexity index is 144. The second kappa shape index (κ2) is 2.11. The Hall–Kier alpha value is 0.200. The number of halogens is 1. The monoisotopic (exact) mass is 239 g/mol. The van der Waals surface area contributed by atoms with Gasteiger partial charge in [-0.05, 0) is 12.8 Å². The summed E-state index contributed by atoms with van der Waals surface area (Å²) < 4.78 is -0.169. The lowest BCUT2D eigenvalue weighted by Crippen LogP contribution is -2.31. The molecular weight excluding hydrogens is 229 g/mol. The van der Waals surface area contributed by atoms with E-state index in [2.05, 4.69) is 34.8 Å². The van der Waals surface area contributed by atoms with Crippen molar-refractivity contribution in [2.75, 3.05) is 6.54 Å². The zero-order chi connectivity index (χ0) is 7.07. The number of hydrogen-bond acceptors (Lipinski definition) is 1. The predicted octanol–water partition coefficient (Wildman–Crippen LogP) is 0.946. The lowest BCUT2D eigenvalue weighted by atomic mass is 10.0. The lowest BCUT2D eigenvalue weighted by molar-refractivity contribution is -0.120. The van der Waals surface area contributed by atoms with Gasteiger partial charge in [0.2, 0.25) is 5.91 Å². The van der Waals surface area contributed by atoms with E-state index in [1.165, 1.54) is 0 Å². The molecule has 0 radical (unpaired) electrons. The van der Waals surface area contributed by atoms with Crippen LogP contribution >= 0.6 is 22.6 Å². The molecular formula is C6H10INO. The van der Waals surface area contributed by atoms with Crippen molar-refractivity contribution in [3.63, 3.8) is 0 Å². The molecule has 1 rings (SSSR count). The molecule has 1 N–H and O–H groups in total. The fourth-order valence-corrected chi connectivity index (χ4v) is 1.24. The van der Waals surface area contributed by atoms with E-state index >= 15 is 0 Å². The van der Waals surface area contributed by atoms with Gasteiger partial charge in [-0.3, -0.25) is 4.79 Å². The van der Waals surface area contributed by atoms with Gasteiger partial charge in [0, 0.05) is 6.54 Å². The van der Waals surface area contributed by atoms with Crippen LogP contribution < -0.4 is 5.32 Å². The smallest absolute Gasteiger partial charge is 0.236 e. The minimum atomic E-state index is -0.169. The molecule has 0 spiro atoms. The average Bonchev–Trinajstić information content (AvgIpc) is 1.96. The molecule has 1 saturated heterocycles. The van der Waals surface area contributed by atoms with Crippen molar-refractivity contribution in [3.8, 4) is 0 Å². The normalized spacial score (nSPS) is 43.0. The minimum absolute atomic E-state index is 0.169. The van der Waals surface area contributed by atoms with E-state index in [9.17, 15) is 4.79 Å². The van der Waals surface area contributed by atoms with Gasteiger partial charge in [0.15, 0.2) is 0 Å². The van der Waals surface area contributed by atoms with Gasteiger partial charge in [0.1, 0.15) is 3.42 Å². The summed E-state index contributed by atoms with van der Waals surface area (Å²) in [5.41, 5.74) is 0. The molecule has 0 aromatic rings. The molecule has 0 aromatic heterocycles. The van der Waals surface area contributed by atoms with Crippen molar-refractivity contribution >= 4 is 28.5 Å². The van der Waals surface area contributed by atoms with E-state index in [4.69, 9.17) is 0 Å². The fraction of sp³-hybridized carbons (Fsp3) is 0.833. The van der Waals surface area contributed by atoms with Crippen LogP contribution in [0.4, 0.5) is 0 Å². The molecule has 1 fully saturated rings. The van der Waals surface area contributed by atoms with Crippen LogP contribution in [0.15, 0.2) is 0 Å². The molecule has 0 aliphatic carbocycles. The summed E-state index contributed by atoms with van der Waals surface area (Å²) in [5.74, 6) is 0.640. The number of nitrogens with one attached hydrogen (secondary N) is 1. The molecule has 0 aromatic carbocycles. The number of carbonyl (C=O) groups excluding carboxylic acids is 1. The Morgan fingerprint density at radius 2 is 2.44 bits per heavy atom. The van der Waals surface area contributed by atoms with E-state index in [1.807, 2.05) is 6.92 Å². The second-order valence-electron chi connectivity index (χ2n) is 2.69. The fourth-order valence-electron chi connectivity index (χ4n) is 0.834. The van der Waals surface area contributed by atoms with E-state index in [-0.39, 0.29) is 9.33 Å². The first-order valence-electron chi connectivity index (χ1n) is 3.02. The molecule has 3 heteroatoms. The molecule has 52 valence electrons. The van der Waals surface area contributed by atoms with Crippen molar-refractivity contribution < 1.29 is 4.79 Å². The first-order chi connectivity index (χ1) is 4.05. The van der Waals surface area contributed by atoms with Crippen LogP contribution in [0, 0.1) is 5.92 Å². The molecule has 0 bridgehead atoms. The third-order valence-electron chi connectivity index (χ3n) is 1.94. The highest BCUT2D eigenvalue weighted by Gasteiger charge is 2.41. The standard InChI is InChI=1S/C6H10INO/c1-4-3-8-5(9)6(4,2)7/h4H,3H2,1-2H3,(H,8,9). The van der Waals surface area contributed by atoms with E-state index in [0.717, 1.165) is 6.54 Å². The third-order valence-corrected chi connectivity index (χ3v) is 3.49. The number of alkyl halides is 1. The summed E-state index contributed by atoms with van der Waals surface area (Å²) in [6, 6.07) is 0. The Balaban J connectivity index is 2.78. The van der Waals surface area contributed by atoms with Gasteiger partial charge in [-0.2, -0.15) is 0 Å². The Kier molecular flexibility index (Phi) is 1.71. The van der Waals surface area contributed by atoms with Crippen molar-refractivity contribution in [2.24, 2.45) is 5.92 Å². The van der Waals surface area contributed by atoms with Gasteiger partial charge in [-0.1, -0.05) is 29.5 Å². The number of amides is 1. The van der Waals surface area contributed by atoms with Gasteiger partial charge >= 0.3 is 0 Å². The highest BCUT2D eigenvalue weighted by molar-refractivity contribution is 14.1. The predicted molar refractivity (Wildman–Crippen MR) is 44.6 cm³/mol. The molecule has 2 atom stereocenters. The van der Waals surface area contributed by atoms with Crippen molar-refractivity contribution in [2.45, 2.75) is 17.3 Å². The highest BCUT2D eigenvalue weighted by atomic mass is 127. The highest BCUT2D eigenvalue weighted by Crippen LogP contribution is 2.31. The zero-order valence-electron chi connectivity index (χ0n) is 5.57. The molecule has 2 nitrogen and oxygen atoms in total. The van der Waals surface area contributed by atoms with Crippen LogP contribution in [0.3, 0.4) is 0 Å². The Morgan fingerprint density at radius 3 is 2.56 bits per heavy atom. The minimum Gasteiger partial charge on any atom is -0.355 e. The maximum absolute atomic E-state index is 11.0. The molecule has 1 aliphatic rings. The maximum Gasteiger partial charge on any atom is 0.236 e. The molecule has 1 amide bonds. The Labute approximate surface area is 68.5 Å². The van der Waals surface area contributed by atoms with Crippen LogP contribution in [0.25, 0.3) is 0 Å². The van der Waals surface area contributed by atoms with Crippen molar-refractivity contribution in [1.82, 2.24) is 5.32 Å². The van der Waals surface area contributed by atoms with Gasteiger partial charge in [-0.25, -0.2) is 0 Å². The maximum atomic E-state index is 11.0. The number of rotatable bonds is 0. The summed E-state index contributed by atoms with van der Waals surface area (Å²) in [5, 5.41) is 2.81. The number of hydrogen-bond donors (Lipinski definition) is 1. The van der Waals surface area contributed by atoms with Gasteiger partial charge in [0.05, 0.1) is 0 Å². The van der Waals surface area contributed by atoms with Crippen LogP contribution in [0.5, 0.6) is 0 Å². The van der Waals surface area contributed by atoms with Crippen LogP contribution in [0.1, 0.15) is 13.8 Å². The van der Waals surface area contributed by atoms with E-state index < -0.39 is 0 Å². The summed E-state index contributed by atoms with van der Waals surface area (Å²) in [6.07, 6.45) is 0. The van der Waals surface area contributed by atoms with Crippen molar-refractivity contribution in [1.29, 1.82) is 0 Å². The average molecular weight is 239 g/mol. The zero-order valence-corrected chi connectivity index (χ0v) is 7.73. The largest absolute Gasteiger partial charge is 0.355 e. The molecule has 0 saturated carbocycles. The lowest BCUT2D eigenvalue weighted by Gasteiger charge is -2.15. The van der Waals surface area contributed by atoms with E-state index in [0.29, 0.717) is 5.92 Å². The third kappa shape index (κ3) is 1.07. The SMILES string of the molecule is CC1CNC(=O)C1(C)I. The van der Waals surface area contributed by atoms with Gasteiger partial charge in [0.25, 0.3) is 0 Å². The second-order valence-corrected chi connectivity index (χ2v) is 4.93.